The van der Waals surface area contributed by atoms with Crippen LogP contribution in [0.5, 0.6) is 0 Å². The monoisotopic (exact) mass is 215 g/mol. The highest BCUT2D eigenvalue weighted by molar-refractivity contribution is 7.16. The lowest BCUT2D eigenvalue weighted by Gasteiger charge is -2.20. The van der Waals surface area contributed by atoms with Crippen LogP contribution in [0.1, 0.15) is 23.6 Å². The molecule has 1 N–H and O–H groups in total. The number of hydrogen-bond donors (Lipinski definition) is 1. The number of nitrogens with one attached hydrogen (secondary N) is 1. The molecule has 0 bridgehead atoms. The van der Waals surface area contributed by atoms with E-state index in [1.165, 1.54) is 4.88 Å². The summed E-state index contributed by atoms with van der Waals surface area (Å²) in [4.78, 5) is 12.2. The van der Waals surface area contributed by atoms with Crippen LogP contribution in [-0.2, 0) is 4.79 Å². The third kappa shape index (κ3) is 2.03. The Balaban J connectivity index is 2.06. The van der Waals surface area contributed by atoms with E-state index < -0.39 is 0 Å². The zero-order chi connectivity index (χ0) is 9.26. The smallest absolute Gasteiger partial charge is 0.220 e. The number of carbonyl (C=O) groups is 1. The zero-order valence-corrected chi connectivity index (χ0v) is 8.62. The predicted molar refractivity (Wildman–Crippen MR) is 54.3 cm³/mol. The summed E-state index contributed by atoms with van der Waals surface area (Å²) >= 11 is 7.45. The molecule has 0 aliphatic carbocycles. The molecule has 1 aliphatic rings. The van der Waals surface area contributed by atoms with Gasteiger partial charge in [-0.25, -0.2) is 0 Å². The molecule has 1 saturated heterocycles. The number of amides is 1. The number of halogens is 1. The van der Waals surface area contributed by atoms with Crippen LogP contribution < -0.4 is 5.32 Å². The van der Waals surface area contributed by atoms with Gasteiger partial charge in [0.05, 0.1) is 4.34 Å². The molecule has 1 atom stereocenters. The minimum Gasteiger partial charge on any atom is -0.355 e. The van der Waals surface area contributed by atoms with Crippen molar-refractivity contribution >= 4 is 28.8 Å². The third-order valence-corrected chi connectivity index (χ3v) is 3.66. The van der Waals surface area contributed by atoms with Gasteiger partial charge in [-0.05, 0) is 18.6 Å². The van der Waals surface area contributed by atoms with E-state index in [1.807, 2.05) is 6.07 Å². The van der Waals surface area contributed by atoms with Crippen molar-refractivity contribution in [2.75, 3.05) is 6.54 Å². The maximum Gasteiger partial charge on any atom is 0.220 e. The Morgan fingerprint density at radius 1 is 1.54 bits per heavy atom. The molecular weight excluding hydrogens is 206 g/mol. The molecule has 2 heterocycles. The van der Waals surface area contributed by atoms with Gasteiger partial charge in [-0.3, -0.25) is 4.79 Å². The Bertz CT molecular complexity index is 313. The molecule has 2 rings (SSSR count). The lowest BCUT2D eigenvalue weighted by atomic mass is 9.98. The minimum atomic E-state index is 0.166. The minimum absolute atomic E-state index is 0.166. The first-order valence-corrected chi connectivity index (χ1v) is 5.47. The summed E-state index contributed by atoms with van der Waals surface area (Å²) in [6.07, 6.45) is 1.59. The zero-order valence-electron chi connectivity index (χ0n) is 7.05. The van der Waals surface area contributed by atoms with Crippen molar-refractivity contribution in [1.82, 2.24) is 5.32 Å². The van der Waals surface area contributed by atoms with Crippen LogP contribution in [0.15, 0.2) is 12.1 Å². The van der Waals surface area contributed by atoms with Gasteiger partial charge in [0, 0.05) is 23.8 Å². The first-order chi connectivity index (χ1) is 6.25. The summed E-state index contributed by atoms with van der Waals surface area (Å²) < 4.78 is 0.826. The van der Waals surface area contributed by atoms with Gasteiger partial charge >= 0.3 is 0 Å². The van der Waals surface area contributed by atoms with Gasteiger partial charge in [-0.15, -0.1) is 11.3 Å². The molecule has 1 amide bonds. The SMILES string of the molecule is O=C1CCC(c2ccc(Cl)s2)CN1. The molecule has 1 unspecified atom stereocenters. The molecule has 1 aliphatic heterocycles. The molecule has 1 fully saturated rings. The molecule has 1 aromatic rings. The van der Waals surface area contributed by atoms with E-state index in [0.717, 1.165) is 17.3 Å². The van der Waals surface area contributed by atoms with E-state index in [4.69, 9.17) is 11.6 Å². The van der Waals surface area contributed by atoms with Gasteiger partial charge in [0.2, 0.25) is 5.91 Å². The average Bonchev–Trinajstić information content (AvgIpc) is 2.53. The molecule has 70 valence electrons. The van der Waals surface area contributed by atoms with Crippen molar-refractivity contribution < 1.29 is 4.79 Å². The first kappa shape index (κ1) is 9.03. The van der Waals surface area contributed by atoms with Crippen molar-refractivity contribution in [3.05, 3.63) is 21.3 Å². The molecular formula is C9H10ClNOS. The Hall–Kier alpha value is -0.540. The molecule has 0 aromatic carbocycles. The molecule has 0 saturated carbocycles. The Labute approximate surface area is 85.9 Å². The Morgan fingerprint density at radius 3 is 2.92 bits per heavy atom. The third-order valence-electron chi connectivity index (χ3n) is 2.26. The van der Waals surface area contributed by atoms with Gasteiger partial charge < -0.3 is 5.32 Å². The van der Waals surface area contributed by atoms with E-state index in [9.17, 15) is 4.79 Å². The molecule has 13 heavy (non-hydrogen) atoms. The lowest BCUT2D eigenvalue weighted by Crippen LogP contribution is -2.33. The summed E-state index contributed by atoms with van der Waals surface area (Å²) in [5.41, 5.74) is 0. The fourth-order valence-corrected chi connectivity index (χ4v) is 2.72. The Kier molecular flexibility index (Phi) is 2.56. The molecule has 0 spiro atoms. The number of rotatable bonds is 1. The van der Waals surface area contributed by atoms with E-state index in [1.54, 1.807) is 11.3 Å². The second kappa shape index (κ2) is 3.68. The largest absolute Gasteiger partial charge is 0.355 e. The van der Waals surface area contributed by atoms with Crippen LogP contribution in [0.2, 0.25) is 4.34 Å². The van der Waals surface area contributed by atoms with Crippen LogP contribution >= 0.6 is 22.9 Å². The van der Waals surface area contributed by atoms with Gasteiger partial charge in [0.25, 0.3) is 0 Å². The topological polar surface area (TPSA) is 29.1 Å². The quantitative estimate of drug-likeness (QED) is 0.766. The van der Waals surface area contributed by atoms with E-state index in [0.29, 0.717) is 12.3 Å². The summed E-state index contributed by atoms with van der Waals surface area (Å²) in [6.45, 7) is 0.760. The number of carbonyl (C=O) groups excluding carboxylic acids is 1. The molecule has 2 nitrogen and oxygen atoms in total. The van der Waals surface area contributed by atoms with Gasteiger partial charge in [0.15, 0.2) is 0 Å². The van der Waals surface area contributed by atoms with Crippen molar-refractivity contribution in [2.24, 2.45) is 0 Å². The van der Waals surface area contributed by atoms with Crippen molar-refractivity contribution in [3.63, 3.8) is 0 Å². The summed E-state index contributed by atoms with van der Waals surface area (Å²) in [7, 11) is 0. The normalized spacial score (nSPS) is 22.8. The second-order valence-corrected chi connectivity index (χ2v) is 4.93. The van der Waals surface area contributed by atoms with Crippen LogP contribution in [0.3, 0.4) is 0 Å². The number of thiophene rings is 1. The Morgan fingerprint density at radius 2 is 2.38 bits per heavy atom. The highest BCUT2D eigenvalue weighted by Gasteiger charge is 2.20. The van der Waals surface area contributed by atoms with Crippen LogP contribution in [-0.4, -0.2) is 12.5 Å². The maximum absolute atomic E-state index is 10.9. The summed E-state index contributed by atoms with van der Waals surface area (Å²) in [5, 5.41) is 2.86. The van der Waals surface area contributed by atoms with E-state index in [2.05, 4.69) is 11.4 Å². The second-order valence-electron chi connectivity index (χ2n) is 3.18. The highest BCUT2D eigenvalue weighted by atomic mass is 35.5. The predicted octanol–water partition coefficient (Wildman–Crippen LogP) is 2.40. The molecule has 0 radical (unpaired) electrons. The van der Waals surface area contributed by atoms with E-state index in [-0.39, 0.29) is 5.91 Å². The van der Waals surface area contributed by atoms with E-state index >= 15 is 0 Å². The van der Waals surface area contributed by atoms with Crippen LogP contribution in [0.4, 0.5) is 0 Å². The summed E-state index contributed by atoms with van der Waals surface area (Å²) in [6, 6.07) is 3.97. The van der Waals surface area contributed by atoms with Gasteiger partial charge in [-0.2, -0.15) is 0 Å². The van der Waals surface area contributed by atoms with Crippen molar-refractivity contribution in [1.29, 1.82) is 0 Å². The van der Waals surface area contributed by atoms with Crippen molar-refractivity contribution in [2.45, 2.75) is 18.8 Å². The molecule has 4 heteroatoms. The van der Waals surface area contributed by atoms with Crippen LogP contribution in [0.25, 0.3) is 0 Å². The van der Waals surface area contributed by atoms with Gasteiger partial charge in [0.1, 0.15) is 0 Å². The highest BCUT2D eigenvalue weighted by Crippen LogP contribution is 2.31. The first-order valence-electron chi connectivity index (χ1n) is 4.27. The average molecular weight is 216 g/mol. The standard InChI is InChI=1S/C9H10ClNOS/c10-8-3-2-7(13-8)6-1-4-9(12)11-5-6/h2-3,6H,1,4-5H2,(H,11,12). The molecule has 1 aromatic heterocycles. The number of piperidine rings is 1. The summed E-state index contributed by atoms with van der Waals surface area (Å²) in [5.74, 6) is 0.633. The van der Waals surface area contributed by atoms with Crippen molar-refractivity contribution in [3.8, 4) is 0 Å². The van der Waals surface area contributed by atoms with Gasteiger partial charge in [-0.1, -0.05) is 11.6 Å². The fourth-order valence-electron chi connectivity index (χ4n) is 1.52. The lowest BCUT2D eigenvalue weighted by molar-refractivity contribution is -0.122. The maximum atomic E-state index is 10.9. The number of hydrogen-bond acceptors (Lipinski definition) is 2. The fraction of sp³-hybridized carbons (Fsp3) is 0.444. The van der Waals surface area contributed by atoms with Crippen LogP contribution in [0, 0.1) is 0 Å².